The number of methoxy groups -OCH3 is 1. The lowest BCUT2D eigenvalue weighted by molar-refractivity contribution is -0.0494. The molecule has 0 aromatic heterocycles. The van der Waals surface area contributed by atoms with E-state index in [4.69, 9.17) is 4.74 Å². The van der Waals surface area contributed by atoms with Crippen molar-refractivity contribution in [1.82, 2.24) is 4.31 Å². The summed E-state index contributed by atoms with van der Waals surface area (Å²) < 4.78 is 66.9. The second kappa shape index (κ2) is 5.45. The molecule has 0 saturated heterocycles. The Morgan fingerprint density at radius 3 is 2.33 bits per heavy atom. The highest BCUT2D eigenvalue weighted by Gasteiger charge is 2.50. The van der Waals surface area contributed by atoms with Gasteiger partial charge in [-0.1, -0.05) is 24.3 Å². The maximum Gasteiger partial charge on any atom is 0.511 e. The summed E-state index contributed by atoms with van der Waals surface area (Å²) in [4.78, 5) is 11.8. The van der Waals surface area contributed by atoms with E-state index < -0.39 is 34.6 Å². The fourth-order valence-corrected chi connectivity index (χ4v) is 3.78. The molecule has 2 aromatic rings. The zero-order valence-corrected chi connectivity index (χ0v) is 13.2. The molecule has 5 nitrogen and oxygen atoms in total. The van der Waals surface area contributed by atoms with Gasteiger partial charge in [0.15, 0.2) is 0 Å². The highest BCUT2D eigenvalue weighted by Crippen LogP contribution is 2.36. The topological polar surface area (TPSA) is 63.7 Å². The summed E-state index contributed by atoms with van der Waals surface area (Å²) >= 11 is 0. The first kappa shape index (κ1) is 16.7. The Hall–Kier alpha value is -2.13. The molecule has 0 spiro atoms. The Balaban J connectivity index is 2.16. The number of rotatable bonds is 2. The van der Waals surface area contributed by atoms with Crippen molar-refractivity contribution in [2.45, 2.75) is 18.6 Å². The molecule has 128 valence electrons. The first-order valence-electron chi connectivity index (χ1n) is 6.85. The molecular formula is C15H12F3NO4S. The number of hydrogen-bond donors (Lipinski definition) is 0. The summed E-state index contributed by atoms with van der Waals surface area (Å²) in [6.07, 6.45) is 0. The summed E-state index contributed by atoms with van der Waals surface area (Å²) in [5, 5.41) is 1.12. The molecule has 0 atom stereocenters. The van der Waals surface area contributed by atoms with E-state index in [9.17, 15) is 26.4 Å². The number of hydrogen-bond acceptors (Lipinski definition) is 4. The predicted molar refractivity (Wildman–Crippen MR) is 79.5 cm³/mol. The van der Waals surface area contributed by atoms with Crippen LogP contribution in [0.4, 0.5) is 13.2 Å². The minimum absolute atomic E-state index is 0.283. The number of halogens is 3. The number of nitrogens with zero attached hydrogens (tertiary/aromatic N) is 1. The summed E-state index contributed by atoms with van der Waals surface area (Å²) in [5.74, 6) is -0.566. The summed E-state index contributed by atoms with van der Waals surface area (Å²) in [7, 11) is -4.20. The molecule has 1 aliphatic rings. The van der Waals surface area contributed by atoms with Gasteiger partial charge in [-0.2, -0.15) is 17.5 Å². The molecule has 0 fully saturated rings. The zero-order chi connectivity index (χ0) is 17.7. The molecule has 2 aromatic carbocycles. The van der Waals surface area contributed by atoms with Gasteiger partial charge in [0.2, 0.25) is 0 Å². The number of sulfonamides is 1. The van der Waals surface area contributed by atoms with E-state index in [0.29, 0.717) is 26.2 Å². The highest BCUT2D eigenvalue weighted by atomic mass is 32.2. The molecule has 1 aliphatic heterocycles. The Labute approximate surface area is 135 Å². The largest absolute Gasteiger partial charge is 0.511 e. The summed E-state index contributed by atoms with van der Waals surface area (Å²) in [6, 6.07) is 7.65. The number of carbonyl (C=O) groups is 1. The fraction of sp³-hybridized carbons (Fsp3) is 0.267. The number of carbonyl (C=O) groups excluding carboxylic acids is 1. The van der Waals surface area contributed by atoms with Crippen molar-refractivity contribution < 1.29 is 31.1 Å². The van der Waals surface area contributed by atoms with Gasteiger partial charge in [0.1, 0.15) is 0 Å². The lowest BCUT2D eigenvalue weighted by atomic mass is 9.93. The molecule has 0 N–H and O–H groups in total. The second-order valence-electron chi connectivity index (χ2n) is 5.32. The van der Waals surface area contributed by atoms with Crippen LogP contribution in [0.2, 0.25) is 0 Å². The lowest BCUT2D eigenvalue weighted by Gasteiger charge is -2.29. The van der Waals surface area contributed by atoms with E-state index in [1.54, 1.807) is 18.2 Å². The third kappa shape index (κ3) is 2.44. The normalized spacial score (nSPS) is 15.5. The molecule has 0 saturated carbocycles. The lowest BCUT2D eigenvalue weighted by Crippen LogP contribution is -2.41. The monoisotopic (exact) mass is 359 g/mol. The van der Waals surface area contributed by atoms with Crippen LogP contribution in [-0.2, 0) is 27.8 Å². The molecule has 0 bridgehead atoms. The zero-order valence-electron chi connectivity index (χ0n) is 12.4. The molecule has 0 aliphatic carbocycles. The van der Waals surface area contributed by atoms with Gasteiger partial charge >= 0.3 is 21.5 Å². The summed E-state index contributed by atoms with van der Waals surface area (Å²) in [5.41, 5.74) is -4.26. The number of ether oxygens (including phenoxy) is 1. The fourth-order valence-electron chi connectivity index (χ4n) is 2.86. The number of alkyl halides is 3. The Kier molecular flexibility index (Phi) is 3.80. The van der Waals surface area contributed by atoms with Crippen LogP contribution < -0.4 is 0 Å². The molecule has 3 rings (SSSR count). The van der Waals surface area contributed by atoms with Crippen LogP contribution in [0, 0.1) is 0 Å². The van der Waals surface area contributed by atoms with Gasteiger partial charge in [-0.3, -0.25) is 0 Å². The van der Waals surface area contributed by atoms with Gasteiger partial charge in [0.05, 0.1) is 12.7 Å². The minimum Gasteiger partial charge on any atom is -0.465 e. The number of benzene rings is 2. The van der Waals surface area contributed by atoms with Crippen molar-refractivity contribution >= 4 is 26.8 Å². The van der Waals surface area contributed by atoms with E-state index in [2.05, 4.69) is 0 Å². The van der Waals surface area contributed by atoms with E-state index in [1.165, 1.54) is 19.2 Å². The molecular weight excluding hydrogens is 347 g/mol. The van der Waals surface area contributed by atoms with Crippen molar-refractivity contribution in [1.29, 1.82) is 0 Å². The van der Waals surface area contributed by atoms with Crippen LogP contribution >= 0.6 is 0 Å². The van der Waals surface area contributed by atoms with Crippen molar-refractivity contribution in [2.24, 2.45) is 0 Å². The SMILES string of the molecule is COC(=O)c1ccc2c3c(cccc13)CN(S(=O)(=O)C(F)(F)F)C2. The first-order chi connectivity index (χ1) is 11.2. The molecule has 1 heterocycles. The first-order valence-corrected chi connectivity index (χ1v) is 8.29. The van der Waals surface area contributed by atoms with Crippen LogP contribution in [0.25, 0.3) is 10.8 Å². The predicted octanol–water partition coefficient (Wildman–Crippen LogP) is 2.79. The average molecular weight is 359 g/mol. The molecule has 9 heteroatoms. The smallest absolute Gasteiger partial charge is 0.465 e. The third-order valence-corrected chi connectivity index (χ3v) is 5.47. The van der Waals surface area contributed by atoms with E-state index >= 15 is 0 Å². The standard InChI is InChI=1S/C15H12F3NO4S/c1-23-14(20)12-6-5-10-8-19(24(21,22)15(16,17)18)7-9-3-2-4-11(12)13(9)10/h2-6H,7-8H2,1H3. The molecule has 0 unspecified atom stereocenters. The highest BCUT2D eigenvalue weighted by molar-refractivity contribution is 7.89. The average Bonchev–Trinajstić information content (AvgIpc) is 2.53. The molecule has 0 amide bonds. The van der Waals surface area contributed by atoms with Crippen molar-refractivity contribution in [3.63, 3.8) is 0 Å². The van der Waals surface area contributed by atoms with Crippen LogP contribution in [0.3, 0.4) is 0 Å². The molecule has 0 radical (unpaired) electrons. The Morgan fingerprint density at radius 1 is 1.12 bits per heavy atom. The van der Waals surface area contributed by atoms with Crippen molar-refractivity contribution in [3.05, 3.63) is 47.0 Å². The van der Waals surface area contributed by atoms with Crippen LogP contribution in [-0.4, -0.2) is 31.3 Å². The van der Waals surface area contributed by atoms with Crippen LogP contribution in [0.1, 0.15) is 21.5 Å². The Morgan fingerprint density at radius 2 is 1.75 bits per heavy atom. The van der Waals surface area contributed by atoms with Gasteiger partial charge in [-0.05, 0) is 28.0 Å². The number of esters is 1. The summed E-state index contributed by atoms with van der Waals surface area (Å²) in [6.45, 7) is -0.812. The van der Waals surface area contributed by atoms with Crippen LogP contribution in [0.15, 0.2) is 30.3 Å². The van der Waals surface area contributed by atoms with Gasteiger partial charge in [0.25, 0.3) is 0 Å². The Bertz CT molecular complexity index is 925. The minimum atomic E-state index is -5.43. The maximum absolute atomic E-state index is 12.8. The van der Waals surface area contributed by atoms with Crippen molar-refractivity contribution in [2.75, 3.05) is 7.11 Å². The maximum atomic E-state index is 12.8. The van der Waals surface area contributed by atoms with Gasteiger partial charge in [-0.25, -0.2) is 13.2 Å². The molecule has 24 heavy (non-hydrogen) atoms. The third-order valence-electron chi connectivity index (χ3n) is 3.94. The van der Waals surface area contributed by atoms with Gasteiger partial charge in [0, 0.05) is 13.1 Å². The van der Waals surface area contributed by atoms with Gasteiger partial charge < -0.3 is 4.74 Å². The van der Waals surface area contributed by atoms with Crippen LogP contribution in [0.5, 0.6) is 0 Å². The van der Waals surface area contributed by atoms with E-state index in [0.717, 1.165) is 0 Å². The van der Waals surface area contributed by atoms with Gasteiger partial charge in [-0.15, -0.1) is 0 Å². The second-order valence-corrected chi connectivity index (χ2v) is 7.25. The van der Waals surface area contributed by atoms with E-state index in [1.807, 2.05) is 0 Å². The van der Waals surface area contributed by atoms with E-state index in [-0.39, 0.29) is 5.56 Å². The van der Waals surface area contributed by atoms with Crippen molar-refractivity contribution in [3.8, 4) is 0 Å². The quantitative estimate of drug-likeness (QED) is 0.774.